The monoisotopic (exact) mass is 584 g/mol. The van der Waals surface area contributed by atoms with Gasteiger partial charge < -0.3 is 20.1 Å². The van der Waals surface area contributed by atoms with E-state index in [1.165, 1.54) is 30.3 Å². The molecule has 0 aromatic heterocycles. The zero-order valence-electron chi connectivity index (χ0n) is 19.3. The molecule has 3 aromatic rings. The summed E-state index contributed by atoms with van der Waals surface area (Å²) >= 11 is 5.53. The Balaban J connectivity index is 1.69. The number of fused-ring (bicyclic) bond motifs is 6. The molecule has 0 atom stereocenters. The minimum Gasteiger partial charge on any atom is -0.456 e. The summed E-state index contributed by atoms with van der Waals surface area (Å²) in [4.78, 5) is 47.6. The van der Waals surface area contributed by atoms with Crippen LogP contribution in [0.5, 0.6) is 11.5 Å². The van der Waals surface area contributed by atoms with Gasteiger partial charge >= 0.3 is 30.1 Å². The van der Waals surface area contributed by atoms with Crippen LogP contribution in [0.15, 0.2) is 54.6 Å². The molecule has 0 radical (unpaired) electrons. The van der Waals surface area contributed by atoms with Crippen molar-refractivity contribution in [1.29, 1.82) is 0 Å². The lowest BCUT2D eigenvalue weighted by atomic mass is 9.77. The number of halogens is 7. The topological polar surface area (TPSA) is 111 Å². The van der Waals surface area contributed by atoms with Gasteiger partial charge in [-0.3, -0.25) is 14.4 Å². The second-order valence-corrected chi connectivity index (χ2v) is 8.88. The predicted octanol–water partition coefficient (Wildman–Crippen LogP) is 5.64. The number of carbonyl (C=O) groups excluding carboxylic acids is 4. The average molecular weight is 585 g/mol. The third-order valence-electron chi connectivity index (χ3n) is 6.06. The molecule has 5 rings (SSSR count). The van der Waals surface area contributed by atoms with E-state index in [4.69, 9.17) is 21.1 Å². The van der Waals surface area contributed by atoms with Crippen LogP contribution in [-0.4, -0.2) is 35.4 Å². The zero-order chi connectivity index (χ0) is 29.2. The number of esters is 1. The van der Waals surface area contributed by atoms with Crippen molar-refractivity contribution in [1.82, 2.24) is 0 Å². The Labute approximate surface area is 223 Å². The molecular formula is C25H11ClF6N2O6. The molecule has 2 amide bonds. The maximum Gasteiger partial charge on any atom is 0.471 e. The van der Waals surface area contributed by atoms with E-state index in [0.29, 0.717) is 0 Å². The number of alkyl halides is 6. The van der Waals surface area contributed by atoms with E-state index in [1.807, 2.05) is 0 Å². The van der Waals surface area contributed by atoms with Crippen molar-refractivity contribution >= 4 is 46.0 Å². The molecule has 0 aliphatic carbocycles. The number of anilines is 2. The summed E-state index contributed by atoms with van der Waals surface area (Å²) in [5, 5.41) is 2.43. The highest BCUT2D eigenvalue weighted by atomic mass is 35.5. The van der Waals surface area contributed by atoms with Crippen molar-refractivity contribution in [2.24, 2.45) is 0 Å². The molecule has 2 heterocycles. The molecule has 40 heavy (non-hydrogen) atoms. The van der Waals surface area contributed by atoms with Crippen LogP contribution in [0.3, 0.4) is 0 Å². The van der Waals surface area contributed by atoms with Crippen LogP contribution >= 0.6 is 11.6 Å². The van der Waals surface area contributed by atoms with E-state index in [1.54, 1.807) is 10.6 Å². The summed E-state index contributed by atoms with van der Waals surface area (Å²) < 4.78 is 88.3. The summed E-state index contributed by atoms with van der Waals surface area (Å²) in [6, 6.07) is 10.5. The molecule has 206 valence electrons. The van der Waals surface area contributed by atoms with E-state index < -0.39 is 41.0 Å². The summed E-state index contributed by atoms with van der Waals surface area (Å²) in [7, 11) is 0. The molecule has 0 saturated heterocycles. The molecule has 15 heteroatoms. The number of rotatable bonds is 3. The standard InChI is InChI=1S/C25H11ClF6N2O6/c26-19(35)10-1-4-14-13(7-10)20(36)40-23(14)15-5-2-11(33-21(37)24(27,28)29)8-17(15)39-18-9-12(3-6-16(18)23)34-22(38)25(30,31)32/h1-9H,(H,33,37)(H,34,38). The smallest absolute Gasteiger partial charge is 0.456 e. The van der Waals surface area contributed by atoms with Gasteiger partial charge in [0.1, 0.15) is 11.5 Å². The Bertz CT molecular complexity index is 1560. The first-order valence-electron chi connectivity index (χ1n) is 10.9. The van der Waals surface area contributed by atoms with E-state index in [9.17, 15) is 45.5 Å². The minimum atomic E-state index is -5.21. The predicted molar refractivity (Wildman–Crippen MR) is 124 cm³/mol. The van der Waals surface area contributed by atoms with Gasteiger partial charge in [-0.25, -0.2) is 4.79 Å². The van der Waals surface area contributed by atoms with Crippen LogP contribution < -0.4 is 15.4 Å². The highest BCUT2D eigenvalue weighted by Crippen LogP contribution is 2.57. The number of benzene rings is 3. The molecule has 0 saturated carbocycles. The van der Waals surface area contributed by atoms with Crippen LogP contribution in [0.1, 0.15) is 37.4 Å². The van der Waals surface area contributed by atoms with E-state index in [2.05, 4.69) is 0 Å². The highest BCUT2D eigenvalue weighted by molar-refractivity contribution is 6.67. The second-order valence-electron chi connectivity index (χ2n) is 8.53. The lowest BCUT2D eigenvalue weighted by Crippen LogP contribution is -2.34. The van der Waals surface area contributed by atoms with Gasteiger partial charge in [-0.1, -0.05) is 6.07 Å². The SMILES string of the molecule is O=C(Cl)c1ccc2c(c1)C(=O)OC21c2ccc(NC(=O)C(F)(F)F)cc2Oc2cc(NC(=O)C(F)(F)F)ccc21. The molecule has 3 aromatic carbocycles. The fourth-order valence-corrected chi connectivity index (χ4v) is 4.53. The number of carbonyl (C=O) groups is 4. The Morgan fingerprint density at radius 1 is 0.725 bits per heavy atom. The molecule has 2 aliphatic heterocycles. The molecule has 0 bridgehead atoms. The van der Waals surface area contributed by atoms with Crippen molar-refractivity contribution in [3.63, 3.8) is 0 Å². The van der Waals surface area contributed by atoms with Gasteiger partial charge in [0.2, 0.25) is 0 Å². The fraction of sp³-hybridized carbons (Fsp3) is 0.120. The molecular weight excluding hydrogens is 574 g/mol. The first-order chi connectivity index (χ1) is 18.6. The first kappa shape index (κ1) is 27.0. The number of ether oxygens (including phenoxy) is 2. The largest absolute Gasteiger partial charge is 0.471 e. The van der Waals surface area contributed by atoms with Gasteiger partial charge in [0.05, 0.1) is 5.56 Å². The Morgan fingerprint density at radius 3 is 1.65 bits per heavy atom. The third-order valence-corrected chi connectivity index (χ3v) is 6.28. The van der Waals surface area contributed by atoms with Crippen molar-refractivity contribution < 1.29 is 55.0 Å². The van der Waals surface area contributed by atoms with Gasteiger partial charge in [-0.15, -0.1) is 0 Å². The summed E-state index contributed by atoms with van der Waals surface area (Å²) in [6.45, 7) is 0. The van der Waals surface area contributed by atoms with Crippen LogP contribution in [0, 0.1) is 0 Å². The summed E-state index contributed by atoms with van der Waals surface area (Å²) in [5.41, 5.74) is -2.40. The third kappa shape index (κ3) is 4.39. The van der Waals surface area contributed by atoms with Crippen LogP contribution in [0.25, 0.3) is 0 Å². The molecule has 0 fully saturated rings. The Hall–Kier alpha value is -4.59. The number of hydrogen-bond acceptors (Lipinski definition) is 6. The minimum absolute atomic E-state index is 0.0441. The van der Waals surface area contributed by atoms with Gasteiger partial charge in [-0.05, 0) is 48.0 Å². The lowest BCUT2D eigenvalue weighted by Gasteiger charge is -2.37. The van der Waals surface area contributed by atoms with Crippen molar-refractivity contribution in [3.8, 4) is 11.5 Å². The van der Waals surface area contributed by atoms with Gasteiger partial charge in [-0.2, -0.15) is 26.3 Å². The van der Waals surface area contributed by atoms with Gasteiger partial charge in [0, 0.05) is 45.8 Å². The van der Waals surface area contributed by atoms with E-state index in [0.717, 1.165) is 24.3 Å². The second kappa shape index (κ2) is 8.98. The quantitative estimate of drug-likeness (QED) is 0.234. The maximum atomic E-state index is 13.0. The van der Waals surface area contributed by atoms with Crippen LogP contribution in [0.4, 0.5) is 37.7 Å². The van der Waals surface area contributed by atoms with Gasteiger partial charge in [0.25, 0.3) is 5.24 Å². The lowest BCUT2D eigenvalue weighted by molar-refractivity contribution is -0.167. The highest BCUT2D eigenvalue weighted by Gasteiger charge is 2.54. The van der Waals surface area contributed by atoms with E-state index >= 15 is 0 Å². The summed E-state index contributed by atoms with van der Waals surface area (Å²) in [6.07, 6.45) is -10.4. The number of hydrogen-bond donors (Lipinski definition) is 2. The molecule has 8 nitrogen and oxygen atoms in total. The normalized spacial score (nSPS) is 14.8. The first-order valence-corrected chi connectivity index (χ1v) is 11.3. The Morgan fingerprint density at radius 2 is 1.20 bits per heavy atom. The summed E-state index contributed by atoms with van der Waals surface area (Å²) in [5.74, 6) is -5.95. The van der Waals surface area contributed by atoms with Crippen molar-refractivity contribution in [2.45, 2.75) is 18.0 Å². The maximum absolute atomic E-state index is 13.0. The zero-order valence-corrected chi connectivity index (χ0v) is 20.0. The van der Waals surface area contributed by atoms with Crippen LogP contribution in [-0.2, 0) is 19.9 Å². The van der Waals surface area contributed by atoms with Crippen molar-refractivity contribution in [3.05, 3.63) is 82.4 Å². The Kier molecular flexibility index (Phi) is 6.06. The number of nitrogens with one attached hydrogen (secondary N) is 2. The molecule has 2 N–H and O–H groups in total. The average Bonchev–Trinajstić information content (AvgIpc) is 3.14. The molecule has 0 unspecified atom stereocenters. The fourth-order valence-electron chi connectivity index (χ4n) is 4.41. The van der Waals surface area contributed by atoms with Gasteiger partial charge in [0.15, 0.2) is 5.60 Å². The van der Waals surface area contributed by atoms with Crippen LogP contribution in [0.2, 0.25) is 0 Å². The molecule has 2 aliphatic rings. The van der Waals surface area contributed by atoms with Crippen molar-refractivity contribution in [2.75, 3.05) is 10.6 Å². The molecule has 1 spiro atoms. The number of amides is 2. The van der Waals surface area contributed by atoms with E-state index in [-0.39, 0.29) is 50.7 Å².